The summed E-state index contributed by atoms with van der Waals surface area (Å²) >= 11 is 0. The molecule has 0 N–H and O–H groups in total. The van der Waals surface area contributed by atoms with Crippen molar-refractivity contribution in [2.24, 2.45) is 0 Å². The number of hydrogen-bond donors (Lipinski definition) is 0. The lowest BCUT2D eigenvalue weighted by Crippen LogP contribution is -2.32. The van der Waals surface area contributed by atoms with Crippen molar-refractivity contribution in [2.75, 3.05) is 11.4 Å². The van der Waals surface area contributed by atoms with Crippen LogP contribution >= 0.6 is 0 Å². The predicted octanol–water partition coefficient (Wildman–Crippen LogP) is 6.46. The van der Waals surface area contributed by atoms with Crippen LogP contribution in [0, 0.1) is 12.7 Å². The molecule has 1 nitrogen and oxygen atoms in total. The average Bonchev–Trinajstić information content (AvgIpc) is 2.92. The molecule has 0 bridgehead atoms. The Morgan fingerprint density at radius 1 is 1.12 bits per heavy atom. The number of aryl methyl sites for hydroxylation is 1. The van der Waals surface area contributed by atoms with Crippen molar-refractivity contribution in [3.8, 4) is 0 Å². The lowest BCUT2D eigenvalue weighted by atomic mass is 9.75. The summed E-state index contributed by atoms with van der Waals surface area (Å²) in [6, 6.07) is 14.0. The van der Waals surface area contributed by atoms with E-state index in [1.54, 1.807) is 6.07 Å². The minimum Gasteiger partial charge on any atom is -0.340 e. The number of benzene rings is 2. The van der Waals surface area contributed by atoms with Gasteiger partial charge in [0.2, 0.25) is 0 Å². The zero-order valence-corrected chi connectivity index (χ0v) is 15.6. The summed E-state index contributed by atoms with van der Waals surface area (Å²) < 4.78 is 13.7. The van der Waals surface area contributed by atoms with Crippen molar-refractivity contribution >= 4 is 11.4 Å². The third-order valence-corrected chi connectivity index (χ3v) is 5.50. The summed E-state index contributed by atoms with van der Waals surface area (Å²) in [6.45, 7) is 11.7. The van der Waals surface area contributed by atoms with Crippen LogP contribution in [-0.4, -0.2) is 6.54 Å². The minimum atomic E-state index is -0.162. The van der Waals surface area contributed by atoms with Crippen LogP contribution in [0.4, 0.5) is 10.1 Å². The number of para-hydroxylation sites is 1. The van der Waals surface area contributed by atoms with E-state index >= 15 is 0 Å². The zero-order valence-electron chi connectivity index (χ0n) is 15.6. The summed E-state index contributed by atoms with van der Waals surface area (Å²) in [5.41, 5.74) is 5.52. The normalized spacial score (nSPS) is 15.3. The molecule has 0 atom stereocenters. The predicted molar refractivity (Wildman–Crippen MR) is 105 cm³/mol. The van der Waals surface area contributed by atoms with Crippen LogP contribution in [0.1, 0.15) is 56.2 Å². The molecule has 3 rings (SSSR count). The van der Waals surface area contributed by atoms with Crippen LogP contribution in [-0.2, 0) is 5.41 Å². The highest BCUT2D eigenvalue weighted by atomic mass is 19.1. The first-order valence-electron chi connectivity index (χ1n) is 9.35. The Bertz CT molecular complexity index is 771. The Morgan fingerprint density at radius 2 is 1.80 bits per heavy atom. The van der Waals surface area contributed by atoms with Gasteiger partial charge in [0.1, 0.15) is 5.82 Å². The molecule has 0 fully saturated rings. The topological polar surface area (TPSA) is 3.24 Å². The molecule has 1 aliphatic heterocycles. The van der Waals surface area contributed by atoms with Crippen LogP contribution < -0.4 is 4.90 Å². The van der Waals surface area contributed by atoms with Gasteiger partial charge in [-0.25, -0.2) is 4.39 Å². The fourth-order valence-corrected chi connectivity index (χ4v) is 4.36. The van der Waals surface area contributed by atoms with Gasteiger partial charge >= 0.3 is 0 Å². The fourth-order valence-electron chi connectivity index (χ4n) is 4.36. The molecule has 132 valence electrons. The molecule has 0 spiro atoms. The molecule has 0 aromatic heterocycles. The molecule has 1 aliphatic rings. The molecule has 0 radical (unpaired) electrons. The zero-order chi connectivity index (χ0) is 18.0. The molecule has 0 unspecified atom stereocenters. The second kappa shape index (κ2) is 7.03. The number of halogens is 1. The summed E-state index contributed by atoms with van der Waals surface area (Å²) in [4.78, 5) is 2.34. The number of rotatable bonds is 6. The van der Waals surface area contributed by atoms with Crippen LogP contribution in [0.2, 0.25) is 0 Å². The molecular weight excluding hydrogens is 309 g/mol. The van der Waals surface area contributed by atoms with Gasteiger partial charge in [-0.05, 0) is 60.7 Å². The first kappa shape index (κ1) is 17.7. The highest BCUT2D eigenvalue weighted by Crippen LogP contribution is 2.48. The van der Waals surface area contributed by atoms with E-state index in [0.717, 1.165) is 17.8 Å². The Hall–Kier alpha value is -2.09. The third kappa shape index (κ3) is 3.10. The number of anilines is 1. The second-order valence-corrected chi connectivity index (χ2v) is 7.29. The Labute approximate surface area is 151 Å². The maximum atomic E-state index is 13.7. The van der Waals surface area contributed by atoms with Gasteiger partial charge in [-0.2, -0.15) is 0 Å². The highest BCUT2D eigenvalue weighted by Gasteiger charge is 2.41. The first-order chi connectivity index (χ1) is 12.0. The smallest absolute Gasteiger partial charge is 0.126 e. The van der Waals surface area contributed by atoms with E-state index in [-0.39, 0.29) is 11.2 Å². The van der Waals surface area contributed by atoms with Gasteiger partial charge < -0.3 is 4.90 Å². The SMILES string of the molecule is C=C(c1ccc(F)c(C)c1)N1CC(CCC)(CCC)c2ccccc21. The molecular formula is C23H28FN. The van der Waals surface area contributed by atoms with E-state index in [0.29, 0.717) is 5.56 Å². The minimum absolute atomic E-state index is 0.162. The fraction of sp³-hybridized carbons (Fsp3) is 0.391. The quantitative estimate of drug-likeness (QED) is 0.584. The number of nitrogens with zero attached hydrogens (tertiary/aromatic N) is 1. The van der Waals surface area contributed by atoms with Gasteiger partial charge in [0.05, 0.1) is 0 Å². The van der Waals surface area contributed by atoms with Crippen LogP contribution in [0.25, 0.3) is 5.70 Å². The van der Waals surface area contributed by atoms with Gasteiger partial charge in [0, 0.05) is 23.3 Å². The molecule has 0 saturated carbocycles. The first-order valence-corrected chi connectivity index (χ1v) is 9.35. The van der Waals surface area contributed by atoms with Crippen molar-refractivity contribution in [3.05, 3.63) is 71.6 Å². The third-order valence-electron chi connectivity index (χ3n) is 5.50. The monoisotopic (exact) mass is 337 g/mol. The highest BCUT2D eigenvalue weighted by molar-refractivity contribution is 5.83. The Balaban J connectivity index is 2.03. The molecule has 0 saturated heterocycles. The summed E-state index contributed by atoms with van der Waals surface area (Å²) in [5.74, 6) is -0.162. The maximum absolute atomic E-state index is 13.7. The Kier molecular flexibility index (Phi) is 4.99. The van der Waals surface area contributed by atoms with E-state index in [2.05, 4.69) is 49.6 Å². The van der Waals surface area contributed by atoms with E-state index in [1.165, 1.54) is 36.9 Å². The van der Waals surface area contributed by atoms with Crippen LogP contribution in [0.15, 0.2) is 49.0 Å². The summed E-state index contributed by atoms with van der Waals surface area (Å²) in [7, 11) is 0. The number of fused-ring (bicyclic) bond motifs is 1. The molecule has 1 heterocycles. The van der Waals surface area contributed by atoms with Crippen molar-refractivity contribution in [2.45, 2.75) is 51.9 Å². The second-order valence-electron chi connectivity index (χ2n) is 7.29. The van der Waals surface area contributed by atoms with E-state index in [1.807, 2.05) is 19.1 Å². The van der Waals surface area contributed by atoms with Gasteiger partial charge in [-0.3, -0.25) is 0 Å². The van der Waals surface area contributed by atoms with Crippen molar-refractivity contribution in [1.29, 1.82) is 0 Å². The van der Waals surface area contributed by atoms with Crippen LogP contribution in [0.3, 0.4) is 0 Å². The van der Waals surface area contributed by atoms with Gasteiger partial charge in [-0.15, -0.1) is 0 Å². The van der Waals surface area contributed by atoms with Gasteiger partial charge in [0.25, 0.3) is 0 Å². The number of hydrogen-bond acceptors (Lipinski definition) is 1. The van der Waals surface area contributed by atoms with Crippen molar-refractivity contribution in [1.82, 2.24) is 0 Å². The summed E-state index contributed by atoms with van der Waals surface area (Å²) in [5, 5.41) is 0. The van der Waals surface area contributed by atoms with E-state index < -0.39 is 0 Å². The lowest BCUT2D eigenvalue weighted by Gasteiger charge is -2.31. The van der Waals surface area contributed by atoms with Crippen molar-refractivity contribution in [3.63, 3.8) is 0 Å². The van der Waals surface area contributed by atoms with E-state index in [4.69, 9.17) is 0 Å². The largest absolute Gasteiger partial charge is 0.340 e. The molecule has 0 aliphatic carbocycles. The summed E-state index contributed by atoms with van der Waals surface area (Å²) in [6.07, 6.45) is 4.71. The standard InChI is InChI=1S/C23H28FN/c1-5-13-23(14-6-2)16-25(22-10-8-7-9-20(22)23)18(4)19-11-12-21(24)17(3)15-19/h7-12,15H,4-6,13-14,16H2,1-3H3. The van der Waals surface area contributed by atoms with Gasteiger partial charge in [-0.1, -0.05) is 51.5 Å². The lowest BCUT2D eigenvalue weighted by molar-refractivity contribution is 0.384. The molecule has 2 aromatic carbocycles. The molecule has 2 heteroatoms. The molecule has 2 aromatic rings. The molecule has 25 heavy (non-hydrogen) atoms. The van der Waals surface area contributed by atoms with Crippen molar-refractivity contribution < 1.29 is 4.39 Å². The molecule has 0 amide bonds. The van der Waals surface area contributed by atoms with Gasteiger partial charge in [0.15, 0.2) is 0 Å². The van der Waals surface area contributed by atoms with E-state index in [9.17, 15) is 4.39 Å². The van der Waals surface area contributed by atoms with Crippen LogP contribution in [0.5, 0.6) is 0 Å². The average molecular weight is 337 g/mol. The Morgan fingerprint density at radius 3 is 2.44 bits per heavy atom. The maximum Gasteiger partial charge on any atom is 0.126 e.